The van der Waals surface area contributed by atoms with Crippen molar-refractivity contribution in [1.29, 1.82) is 0 Å². The first-order valence-electron chi connectivity index (χ1n) is 8.33. The highest BCUT2D eigenvalue weighted by Crippen LogP contribution is 2.32. The fourth-order valence-electron chi connectivity index (χ4n) is 2.91. The SMILES string of the molecule is Cc1ccc(-c2nnc([C@@H](C)OC(=O)c3cc4c(s3)CCC4)o2)cc1. The lowest BCUT2D eigenvalue weighted by atomic mass is 10.1. The Hall–Kier alpha value is -2.47. The van der Waals surface area contributed by atoms with Gasteiger partial charge in [0.2, 0.25) is 5.89 Å². The Morgan fingerprint density at radius 3 is 2.80 bits per heavy atom. The minimum atomic E-state index is -0.587. The fraction of sp³-hybridized carbons (Fsp3) is 0.316. The van der Waals surface area contributed by atoms with Gasteiger partial charge < -0.3 is 9.15 Å². The third-order valence-corrected chi connectivity index (χ3v) is 5.54. The van der Waals surface area contributed by atoms with Crippen LogP contribution in [0.25, 0.3) is 11.5 Å². The van der Waals surface area contributed by atoms with Crippen LogP contribution in [0.1, 0.15) is 51.0 Å². The highest BCUT2D eigenvalue weighted by atomic mass is 32.1. The summed E-state index contributed by atoms with van der Waals surface area (Å²) in [6.07, 6.45) is 2.71. The van der Waals surface area contributed by atoms with Crippen LogP contribution >= 0.6 is 11.3 Å². The van der Waals surface area contributed by atoms with E-state index in [0.717, 1.165) is 24.0 Å². The molecule has 0 saturated carbocycles. The largest absolute Gasteiger partial charge is 0.448 e. The first kappa shape index (κ1) is 16.0. The predicted octanol–water partition coefficient (Wildman–Crippen LogP) is 4.51. The molecule has 2 aromatic heterocycles. The van der Waals surface area contributed by atoms with Crippen LogP contribution in [0, 0.1) is 6.92 Å². The number of carbonyl (C=O) groups excluding carboxylic acids is 1. The molecule has 1 aromatic carbocycles. The second-order valence-electron chi connectivity index (χ2n) is 6.27. The molecule has 1 atom stereocenters. The van der Waals surface area contributed by atoms with Crippen molar-refractivity contribution in [2.45, 2.75) is 39.2 Å². The first-order chi connectivity index (χ1) is 12.1. The van der Waals surface area contributed by atoms with Crippen molar-refractivity contribution >= 4 is 17.3 Å². The minimum Gasteiger partial charge on any atom is -0.448 e. The maximum absolute atomic E-state index is 12.3. The van der Waals surface area contributed by atoms with Crippen molar-refractivity contribution < 1.29 is 13.9 Å². The molecule has 5 nitrogen and oxygen atoms in total. The van der Waals surface area contributed by atoms with Crippen molar-refractivity contribution in [3.63, 3.8) is 0 Å². The summed E-state index contributed by atoms with van der Waals surface area (Å²) in [6.45, 7) is 3.76. The van der Waals surface area contributed by atoms with E-state index in [4.69, 9.17) is 9.15 Å². The van der Waals surface area contributed by atoms with E-state index in [1.165, 1.54) is 28.2 Å². The Balaban J connectivity index is 1.46. The zero-order chi connectivity index (χ0) is 17.4. The predicted molar refractivity (Wildman–Crippen MR) is 94.6 cm³/mol. The van der Waals surface area contributed by atoms with Crippen LogP contribution in [0.15, 0.2) is 34.7 Å². The van der Waals surface area contributed by atoms with Crippen LogP contribution in [-0.4, -0.2) is 16.2 Å². The number of rotatable bonds is 4. The number of nitrogens with zero attached hydrogens (tertiary/aromatic N) is 2. The van der Waals surface area contributed by atoms with E-state index in [2.05, 4.69) is 10.2 Å². The van der Waals surface area contributed by atoms with Gasteiger partial charge in [0, 0.05) is 10.4 Å². The quantitative estimate of drug-likeness (QED) is 0.645. The van der Waals surface area contributed by atoms with Crippen molar-refractivity contribution in [3.8, 4) is 11.5 Å². The summed E-state index contributed by atoms with van der Waals surface area (Å²) in [7, 11) is 0. The molecule has 0 bridgehead atoms. The van der Waals surface area contributed by atoms with Gasteiger partial charge in [0.1, 0.15) is 4.88 Å². The van der Waals surface area contributed by atoms with Crippen LogP contribution in [0.4, 0.5) is 0 Å². The molecule has 25 heavy (non-hydrogen) atoms. The number of ether oxygens (including phenoxy) is 1. The Kier molecular flexibility index (Phi) is 4.13. The van der Waals surface area contributed by atoms with Crippen LogP contribution in [0.3, 0.4) is 0 Å². The zero-order valence-electron chi connectivity index (χ0n) is 14.1. The van der Waals surface area contributed by atoms with Crippen LogP contribution in [0.2, 0.25) is 0 Å². The molecule has 0 fully saturated rings. The molecule has 6 heteroatoms. The molecule has 1 aliphatic rings. The number of aryl methyl sites for hydroxylation is 3. The third-order valence-electron chi connectivity index (χ3n) is 4.32. The second kappa shape index (κ2) is 6.44. The van der Waals surface area contributed by atoms with E-state index in [1.54, 1.807) is 6.92 Å². The van der Waals surface area contributed by atoms with Crippen molar-refractivity contribution in [2.75, 3.05) is 0 Å². The summed E-state index contributed by atoms with van der Waals surface area (Å²) in [6, 6.07) is 9.78. The van der Waals surface area contributed by atoms with Gasteiger partial charge in [-0.15, -0.1) is 21.5 Å². The monoisotopic (exact) mass is 354 g/mol. The lowest BCUT2D eigenvalue weighted by Crippen LogP contribution is -2.08. The molecule has 0 spiro atoms. The number of aromatic nitrogens is 2. The summed E-state index contributed by atoms with van der Waals surface area (Å²) in [5, 5.41) is 8.07. The van der Waals surface area contributed by atoms with Crippen LogP contribution in [-0.2, 0) is 17.6 Å². The molecule has 0 N–H and O–H groups in total. The van der Waals surface area contributed by atoms with Crippen LogP contribution < -0.4 is 0 Å². The number of carbonyl (C=O) groups is 1. The molecule has 0 unspecified atom stereocenters. The number of fused-ring (bicyclic) bond motifs is 1. The Labute approximate surface area is 149 Å². The van der Waals surface area contributed by atoms with Gasteiger partial charge in [0.15, 0.2) is 6.10 Å². The summed E-state index contributed by atoms with van der Waals surface area (Å²) >= 11 is 1.53. The Morgan fingerprint density at radius 1 is 1.24 bits per heavy atom. The summed E-state index contributed by atoms with van der Waals surface area (Å²) < 4.78 is 11.2. The molecule has 2 heterocycles. The highest BCUT2D eigenvalue weighted by Gasteiger charge is 2.23. The number of benzene rings is 1. The maximum atomic E-state index is 12.3. The van der Waals surface area contributed by atoms with E-state index in [0.29, 0.717) is 16.7 Å². The van der Waals surface area contributed by atoms with Gasteiger partial charge in [0.05, 0.1) is 0 Å². The topological polar surface area (TPSA) is 65.2 Å². The molecular weight excluding hydrogens is 336 g/mol. The minimum absolute atomic E-state index is 0.299. The number of hydrogen-bond donors (Lipinski definition) is 0. The molecule has 1 aliphatic carbocycles. The lowest BCUT2D eigenvalue weighted by molar-refractivity contribution is 0.0285. The summed E-state index contributed by atoms with van der Waals surface area (Å²) in [5.41, 5.74) is 3.29. The maximum Gasteiger partial charge on any atom is 0.349 e. The van der Waals surface area contributed by atoms with E-state index in [-0.39, 0.29) is 5.97 Å². The van der Waals surface area contributed by atoms with Crippen molar-refractivity contribution in [3.05, 3.63) is 57.1 Å². The molecule has 3 aromatic rings. The van der Waals surface area contributed by atoms with Gasteiger partial charge >= 0.3 is 5.97 Å². The molecular formula is C19H18N2O3S. The molecule has 128 valence electrons. The Bertz CT molecular complexity index is 890. The molecule has 4 rings (SSSR count). The third kappa shape index (κ3) is 3.22. The molecule has 0 aliphatic heterocycles. The standard InChI is InChI=1S/C19H18N2O3S/c1-11-6-8-13(9-7-11)18-21-20-17(24-18)12(2)23-19(22)16-10-14-4-3-5-15(14)25-16/h6-10,12H,3-5H2,1-2H3/t12-/m1/s1. The van der Waals surface area contributed by atoms with Gasteiger partial charge in [0.25, 0.3) is 5.89 Å². The van der Waals surface area contributed by atoms with Gasteiger partial charge in [-0.2, -0.15) is 0 Å². The zero-order valence-corrected chi connectivity index (χ0v) is 14.9. The van der Waals surface area contributed by atoms with E-state index in [1.807, 2.05) is 37.3 Å². The highest BCUT2D eigenvalue weighted by molar-refractivity contribution is 7.14. The first-order valence-corrected chi connectivity index (χ1v) is 9.15. The summed E-state index contributed by atoms with van der Waals surface area (Å²) in [4.78, 5) is 14.3. The van der Waals surface area contributed by atoms with E-state index >= 15 is 0 Å². The van der Waals surface area contributed by atoms with E-state index in [9.17, 15) is 4.79 Å². The molecule has 0 radical (unpaired) electrons. The Morgan fingerprint density at radius 2 is 2.04 bits per heavy atom. The molecule has 0 amide bonds. The average molecular weight is 354 g/mol. The van der Waals surface area contributed by atoms with Gasteiger partial charge in [-0.05, 0) is 56.9 Å². The smallest absolute Gasteiger partial charge is 0.349 e. The average Bonchev–Trinajstić information content (AvgIpc) is 3.31. The second-order valence-corrected chi connectivity index (χ2v) is 7.41. The normalized spacial score (nSPS) is 14.3. The molecule has 0 saturated heterocycles. The lowest BCUT2D eigenvalue weighted by Gasteiger charge is -2.08. The van der Waals surface area contributed by atoms with Crippen molar-refractivity contribution in [2.24, 2.45) is 0 Å². The number of thiophene rings is 1. The fourth-order valence-corrected chi connectivity index (χ4v) is 4.05. The van der Waals surface area contributed by atoms with Crippen molar-refractivity contribution in [1.82, 2.24) is 10.2 Å². The van der Waals surface area contributed by atoms with Gasteiger partial charge in [-0.25, -0.2) is 4.79 Å². The number of esters is 1. The van der Waals surface area contributed by atoms with Gasteiger partial charge in [-0.3, -0.25) is 0 Å². The number of hydrogen-bond acceptors (Lipinski definition) is 6. The van der Waals surface area contributed by atoms with Gasteiger partial charge in [-0.1, -0.05) is 17.7 Å². The summed E-state index contributed by atoms with van der Waals surface area (Å²) in [5.74, 6) is 0.392. The van der Waals surface area contributed by atoms with E-state index < -0.39 is 6.10 Å². The van der Waals surface area contributed by atoms with Crippen LogP contribution in [0.5, 0.6) is 0 Å².